The van der Waals surface area contributed by atoms with Crippen molar-refractivity contribution in [3.05, 3.63) is 99.0 Å². The van der Waals surface area contributed by atoms with Gasteiger partial charge in [-0.05, 0) is 78.3 Å². The first kappa shape index (κ1) is 28.1. The van der Waals surface area contributed by atoms with Crippen molar-refractivity contribution in [2.24, 2.45) is 29.6 Å². The van der Waals surface area contributed by atoms with Crippen LogP contribution in [0.1, 0.15) is 22.8 Å². The predicted molar refractivity (Wildman–Crippen MR) is 171 cm³/mol. The molecule has 3 fully saturated rings. The van der Waals surface area contributed by atoms with Crippen molar-refractivity contribution in [1.82, 2.24) is 4.98 Å². The molecule has 7 atom stereocenters. The van der Waals surface area contributed by atoms with Crippen molar-refractivity contribution in [2.75, 3.05) is 23.9 Å². The number of carbonyl (C=O) groups excluding carboxylic acids is 3. The Kier molecular flexibility index (Phi) is 6.83. The summed E-state index contributed by atoms with van der Waals surface area (Å²) in [5, 5.41) is 3.75. The molecule has 3 aromatic carbocycles. The minimum Gasteiger partial charge on any atom is -0.497 e. The van der Waals surface area contributed by atoms with Gasteiger partial charge in [-0.25, -0.2) is 0 Å². The fourth-order valence-electron chi connectivity index (χ4n) is 8.04. The Balaban J connectivity index is 1.09. The van der Waals surface area contributed by atoms with E-state index in [1.54, 1.807) is 43.1 Å². The lowest BCUT2D eigenvalue weighted by Crippen LogP contribution is -2.42. The van der Waals surface area contributed by atoms with Crippen LogP contribution in [0.25, 0.3) is 0 Å². The van der Waals surface area contributed by atoms with Gasteiger partial charge in [0.1, 0.15) is 11.5 Å². The number of amides is 3. The lowest BCUT2D eigenvalue weighted by molar-refractivity contribution is -0.123. The van der Waals surface area contributed by atoms with Crippen LogP contribution in [-0.4, -0.2) is 41.7 Å². The number of methoxy groups -OCH3 is 1. The number of para-hydroxylation sites is 1. The number of carbonyl (C=O) groups is 3. The van der Waals surface area contributed by atoms with Crippen molar-refractivity contribution in [2.45, 2.75) is 22.6 Å². The fraction of sp³-hybridized carbons (Fsp3) is 0.294. The molecule has 9 nitrogen and oxygen atoms in total. The number of aromatic amines is 1. The molecule has 3 amide bonds. The van der Waals surface area contributed by atoms with E-state index in [0.717, 1.165) is 21.9 Å². The molecule has 4 aliphatic rings. The minimum atomic E-state index is -0.396. The maximum Gasteiger partial charge on any atom is 0.305 e. The Bertz CT molecular complexity index is 1870. The van der Waals surface area contributed by atoms with Crippen LogP contribution in [0.4, 0.5) is 11.4 Å². The smallest absolute Gasteiger partial charge is 0.305 e. The highest BCUT2D eigenvalue weighted by Gasteiger charge is 2.69. The zero-order valence-electron chi connectivity index (χ0n) is 24.2. The van der Waals surface area contributed by atoms with Gasteiger partial charge in [-0.15, -0.1) is 11.8 Å². The lowest BCUT2D eigenvalue weighted by atomic mass is 9.68. The average Bonchev–Trinajstić information content (AvgIpc) is 3.79. The van der Waals surface area contributed by atoms with Crippen LogP contribution in [0.15, 0.2) is 88.7 Å². The SMILES string of the molecule is COc1ccc(N2C(=O)C3C(C2=O)[C@@H]2C[C@H]3C3Sc4[nH]c(=O)sc4[C@H](c4cccc(OCC(=O)Nc5ccccc5)c4)C32)cc1. The van der Waals surface area contributed by atoms with Crippen LogP contribution >= 0.6 is 23.1 Å². The highest BCUT2D eigenvalue weighted by atomic mass is 32.2. The zero-order chi connectivity index (χ0) is 30.8. The number of benzene rings is 3. The maximum atomic E-state index is 14.0. The maximum absolute atomic E-state index is 14.0. The van der Waals surface area contributed by atoms with Gasteiger partial charge in [0.2, 0.25) is 11.8 Å². The second kappa shape index (κ2) is 10.9. The third-order valence-electron chi connectivity index (χ3n) is 9.70. The number of H-pyrrole nitrogens is 1. The Morgan fingerprint density at radius 1 is 0.933 bits per heavy atom. The summed E-state index contributed by atoms with van der Waals surface area (Å²) in [4.78, 5) is 58.3. The molecule has 1 saturated heterocycles. The molecule has 3 heterocycles. The highest BCUT2D eigenvalue weighted by Crippen LogP contribution is 2.68. The second-order valence-corrected chi connectivity index (χ2v) is 14.1. The summed E-state index contributed by atoms with van der Waals surface area (Å²) in [7, 11) is 1.58. The summed E-state index contributed by atoms with van der Waals surface area (Å²) in [5.74, 6) is -0.168. The number of thiazole rings is 1. The molecule has 2 N–H and O–H groups in total. The standard InChI is InChI=1S/C34H29N3O6S2/c1-42-20-12-10-19(11-13-20)37-32(39)27-22-15-23(28(27)33(37)40)29-26(22)25(30-31(44-29)36-34(41)45-30)17-6-5-9-21(14-17)43-16-24(38)35-18-7-3-2-4-8-18/h2-14,22-23,25-29H,15-16H2,1H3,(H,35,38)(H,36,41)/t22-,23-,25-,26?,27?,28?,29?/m1/s1. The summed E-state index contributed by atoms with van der Waals surface area (Å²) in [6.07, 6.45) is 0.803. The third kappa shape index (κ3) is 4.59. The zero-order valence-corrected chi connectivity index (χ0v) is 25.8. The molecule has 2 saturated carbocycles. The molecule has 1 aromatic heterocycles. The third-order valence-corrected chi connectivity index (χ3v) is 12.3. The molecule has 8 rings (SSSR count). The number of hydrogen-bond donors (Lipinski definition) is 2. The van der Waals surface area contributed by atoms with E-state index in [0.29, 0.717) is 22.9 Å². The van der Waals surface area contributed by atoms with Crippen molar-refractivity contribution >= 4 is 52.2 Å². The molecule has 0 spiro atoms. The topological polar surface area (TPSA) is 118 Å². The van der Waals surface area contributed by atoms with Gasteiger partial charge in [-0.1, -0.05) is 41.7 Å². The molecular formula is C34H29N3O6S2. The number of anilines is 2. The van der Waals surface area contributed by atoms with Crippen molar-refractivity contribution < 1.29 is 23.9 Å². The number of imide groups is 1. The Morgan fingerprint density at radius 3 is 2.44 bits per heavy atom. The van der Waals surface area contributed by atoms with Crippen LogP contribution in [0.2, 0.25) is 0 Å². The van der Waals surface area contributed by atoms with E-state index in [9.17, 15) is 19.2 Å². The lowest BCUT2D eigenvalue weighted by Gasteiger charge is -2.43. The van der Waals surface area contributed by atoms with Crippen molar-refractivity contribution in [1.29, 1.82) is 0 Å². The fourth-order valence-corrected chi connectivity index (χ4v) is 10.9. The largest absolute Gasteiger partial charge is 0.497 e. The van der Waals surface area contributed by atoms with Gasteiger partial charge in [0.05, 0.1) is 29.7 Å². The summed E-state index contributed by atoms with van der Waals surface area (Å²) >= 11 is 2.87. The van der Waals surface area contributed by atoms with Crippen LogP contribution in [-0.2, 0) is 14.4 Å². The van der Waals surface area contributed by atoms with Gasteiger partial charge in [-0.3, -0.25) is 24.1 Å². The number of thioether (sulfide) groups is 1. The Hall–Kier alpha value is -4.35. The molecule has 4 aromatic rings. The Labute approximate surface area is 266 Å². The van der Waals surface area contributed by atoms with Gasteiger partial charge in [-0.2, -0.15) is 0 Å². The quantitative estimate of drug-likeness (QED) is 0.269. The molecule has 228 valence electrons. The number of ether oxygens (including phenoxy) is 2. The summed E-state index contributed by atoms with van der Waals surface area (Å²) in [6.45, 7) is -0.153. The van der Waals surface area contributed by atoms with Gasteiger partial charge in [0.15, 0.2) is 6.61 Å². The van der Waals surface area contributed by atoms with Crippen molar-refractivity contribution in [3.8, 4) is 11.5 Å². The molecule has 2 aliphatic carbocycles. The van der Waals surface area contributed by atoms with E-state index >= 15 is 0 Å². The molecular weight excluding hydrogens is 611 g/mol. The number of fused-ring (bicyclic) bond motifs is 9. The van der Waals surface area contributed by atoms with Gasteiger partial charge in [0, 0.05) is 21.7 Å². The number of rotatable bonds is 7. The molecule has 4 unspecified atom stereocenters. The summed E-state index contributed by atoms with van der Waals surface area (Å²) in [6, 6.07) is 23.9. The number of nitrogens with zero attached hydrogens (tertiary/aromatic N) is 1. The molecule has 2 aliphatic heterocycles. The number of hydrogen-bond acceptors (Lipinski definition) is 8. The van der Waals surface area contributed by atoms with E-state index < -0.39 is 5.92 Å². The van der Waals surface area contributed by atoms with Crippen LogP contribution in [0.3, 0.4) is 0 Å². The monoisotopic (exact) mass is 639 g/mol. The molecule has 11 heteroatoms. The molecule has 45 heavy (non-hydrogen) atoms. The van der Waals surface area contributed by atoms with E-state index in [1.807, 2.05) is 54.6 Å². The highest BCUT2D eigenvalue weighted by molar-refractivity contribution is 8.00. The van der Waals surface area contributed by atoms with E-state index in [1.165, 1.54) is 16.2 Å². The predicted octanol–water partition coefficient (Wildman–Crippen LogP) is 5.14. The van der Waals surface area contributed by atoms with Gasteiger partial charge in [0.25, 0.3) is 5.91 Å². The van der Waals surface area contributed by atoms with Gasteiger partial charge >= 0.3 is 4.87 Å². The Morgan fingerprint density at radius 2 is 1.69 bits per heavy atom. The number of aromatic nitrogens is 1. The minimum absolute atomic E-state index is 0.00576. The number of nitrogens with one attached hydrogen (secondary N) is 2. The molecule has 2 bridgehead atoms. The van der Waals surface area contributed by atoms with Crippen molar-refractivity contribution in [3.63, 3.8) is 0 Å². The average molecular weight is 640 g/mol. The van der Waals surface area contributed by atoms with E-state index in [4.69, 9.17) is 9.47 Å². The first-order chi connectivity index (χ1) is 21.9. The van der Waals surface area contributed by atoms with Crippen LogP contribution in [0.5, 0.6) is 11.5 Å². The molecule has 0 radical (unpaired) electrons. The van der Waals surface area contributed by atoms with Gasteiger partial charge < -0.3 is 19.8 Å². The summed E-state index contributed by atoms with van der Waals surface area (Å²) in [5.41, 5.74) is 2.23. The second-order valence-electron chi connectivity index (χ2n) is 11.9. The van der Waals surface area contributed by atoms with E-state index in [2.05, 4.69) is 10.3 Å². The van der Waals surface area contributed by atoms with E-state index in [-0.39, 0.29) is 64.0 Å². The first-order valence-corrected chi connectivity index (χ1v) is 16.6. The van der Waals surface area contributed by atoms with Crippen LogP contribution < -0.4 is 24.6 Å². The summed E-state index contributed by atoms with van der Waals surface area (Å²) < 4.78 is 11.2. The normalized spacial score (nSPS) is 27.6. The first-order valence-electron chi connectivity index (χ1n) is 14.9. The van der Waals surface area contributed by atoms with Crippen LogP contribution in [0, 0.1) is 29.6 Å².